The maximum absolute atomic E-state index is 12.2. The minimum atomic E-state index is -1.02. The van der Waals surface area contributed by atoms with Crippen molar-refractivity contribution < 1.29 is 14.8 Å². The van der Waals surface area contributed by atoms with Gasteiger partial charge in [-0.3, -0.25) is 14.8 Å². The monoisotopic (exact) mass is 339 g/mol. The van der Waals surface area contributed by atoms with E-state index >= 15 is 0 Å². The van der Waals surface area contributed by atoms with Crippen LogP contribution in [0.4, 0.5) is 0 Å². The number of hydrogen-bond acceptors (Lipinski definition) is 4. The van der Waals surface area contributed by atoms with E-state index in [1.165, 1.54) is 5.48 Å². The summed E-state index contributed by atoms with van der Waals surface area (Å²) >= 11 is 0. The molecule has 25 heavy (non-hydrogen) atoms. The first-order valence-corrected chi connectivity index (χ1v) is 7.85. The van der Waals surface area contributed by atoms with Gasteiger partial charge in [0, 0.05) is 11.6 Å². The molecule has 0 radical (unpaired) electrons. The summed E-state index contributed by atoms with van der Waals surface area (Å²) in [6.07, 6.45) is 3.92. The van der Waals surface area contributed by atoms with Gasteiger partial charge in [-0.25, -0.2) is 5.48 Å². The van der Waals surface area contributed by atoms with E-state index in [1.54, 1.807) is 31.2 Å². The van der Waals surface area contributed by atoms with Crippen LogP contribution in [0.5, 0.6) is 0 Å². The summed E-state index contributed by atoms with van der Waals surface area (Å²) in [5, 5.41) is 11.2. The molecule has 0 saturated heterocycles. The van der Waals surface area contributed by atoms with E-state index < -0.39 is 23.9 Å². The Morgan fingerprint density at radius 2 is 1.56 bits per heavy atom. The molecular weight excluding hydrogens is 318 g/mol. The van der Waals surface area contributed by atoms with Gasteiger partial charge in [0.15, 0.2) is 0 Å². The number of carbonyl (C=O) groups excluding carboxylic acids is 2. The molecule has 5 N–H and O–H groups in total. The van der Waals surface area contributed by atoms with Crippen molar-refractivity contribution in [1.29, 1.82) is 0 Å². The predicted molar refractivity (Wildman–Crippen MR) is 96.6 cm³/mol. The van der Waals surface area contributed by atoms with Gasteiger partial charge in [0.25, 0.3) is 11.8 Å². The molecule has 0 bridgehead atoms. The summed E-state index contributed by atoms with van der Waals surface area (Å²) in [6.45, 7) is 1.57. The molecular formula is C19H21N3O3. The van der Waals surface area contributed by atoms with E-state index in [4.69, 9.17) is 10.9 Å². The zero-order valence-corrected chi connectivity index (χ0v) is 13.8. The zero-order chi connectivity index (χ0) is 18.2. The molecule has 0 aliphatic heterocycles. The Morgan fingerprint density at radius 1 is 1.00 bits per heavy atom. The van der Waals surface area contributed by atoms with Crippen LogP contribution in [-0.2, 0) is 4.79 Å². The van der Waals surface area contributed by atoms with Crippen molar-refractivity contribution in [2.75, 3.05) is 0 Å². The minimum absolute atomic E-state index is 0.397. The molecule has 2 aromatic carbocycles. The number of nitrogens with one attached hydrogen (secondary N) is 2. The fraction of sp³-hybridized carbons (Fsp3) is 0.158. The van der Waals surface area contributed by atoms with Crippen molar-refractivity contribution in [1.82, 2.24) is 10.8 Å². The van der Waals surface area contributed by atoms with E-state index in [0.29, 0.717) is 5.56 Å². The largest absolute Gasteiger partial charge is 0.339 e. The lowest BCUT2D eigenvalue weighted by Gasteiger charge is -2.20. The van der Waals surface area contributed by atoms with Crippen molar-refractivity contribution in [2.24, 2.45) is 5.73 Å². The molecule has 0 fully saturated rings. The third kappa shape index (κ3) is 5.27. The molecule has 0 aliphatic carbocycles. The topological polar surface area (TPSA) is 104 Å². The maximum atomic E-state index is 12.2. The lowest BCUT2D eigenvalue weighted by molar-refractivity contribution is -0.131. The standard InChI is InChI=1S/C19H21N3O3/c1-13(20)17(19(24)22-25)21-18(23)16-11-9-15(10-12-16)8-7-14-5-3-2-4-6-14/h2-13,17,25H,20H2,1H3,(H,21,23)(H,22,24)/t13-,17+/m1/s1. The van der Waals surface area contributed by atoms with Gasteiger partial charge in [0.1, 0.15) is 6.04 Å². The van der Waals surface area contributed by atoms with Crippen LogP contribution in [0.25, 0.3) is 12.2 Å². The molecule has 6 heteroatoms. The Hall–Kier alpha value is -2.96. The van der Waals surface area contributed by atoms with Crippen LogP contribution in [0.15, 0.2) is 54.6 Å². The summed E-state index contributed by atoms with van der Waals surface area (Å²) in [4.78, 5) is 23.8. The Balaban J connectivity index is 2.04. The van der Waals surface area contributed by atoms with Crippen LogP contribution < -0.4 is 16.5 Å². The number of carbonyl (C=O) groups is 2. The highest BCUT2D eigenvalue weighted by atomic mass is 16.5. The van der Waals surface area contributed by atoms with Gasteiger partial charge >= 0.3 is 0 Å². The number of rotatable bonds is 6. The smallest absolute Gasteiger partial charge is 0.267 e. The first-order valence-electron chi connectivity index (χ1n) is 7.85. The minimum Gasteiger partial charge on any atom is -0.339 e. The highest BCUT2D eigenvalue weighted by Crippen LogP contribution is 2.10. The van der Waals surface area contributed by atoms with Gasteiger partial charge in [-0.1, -0.05) is 54.6 Å². The summed E-state index contributed by atoms with van der Waals surface area (Å²) in [5.41, 5.74) is 9.59. The maximum Gasteiger partial charge on any atom is 0.267 e. The summed E-state index contributed by atoms with van der Waals surface area (Å²) in [6, 6.07) is 15.1. The van der Waals surface area contributed by atoms with E-state index in [2.05, 4.69) is 5.32 Å². The molecule has 0 saturated carbocycles. The van der Waals surface area contributed by atoms with E-state index in [9.17, 15) is 9.59 Å². The van der Waals surface area contributed by atoms with E-state index in [-0.39, 0.29) is 0 Å². The molecule has 0 aliphatic rings. The zero-order valence-electron chi connectivity index (χ0n) is 13.8. The molecule has 2 rings (SSSR count). The van der Waals surface area contributed by atoms with Crippen LogP contribution in [0.3, 0.4) is 0 Å². The average molecular weight is 339 g/mol. The van der Waals surface area contributed by atoms with Gasteiger partial charge in [-0.15, -0.1) is 0 Å². The molecule has 0 unspecified atom stereocenters. The predicted octanol–water partition coefficient (Wildman–Crippen LogP) is 1.81. The fourth-order valence-corrected chi connectivity index (χ4v) is 2.23. The summed E-state index contributed by atoms with van der Waals surface area (Å²) < 4.78 is 0. The number of amides is 2. The van der Waals surface area contributed by atoms with E-state index in [0.717, 1.165) is 11.1 Å². The molecule has 0 aromatic heterocycles. The first kappa shape index (κ1) is 18.4. The normalized spacial score (nSPS) is 13.2. The van der Waals surface area contributed by atoms with Crippen LogP contribution in [0, 0.1) is 0 Å². The van der Waals surface area contributed by atoms with Crippen molar-refractivity contribution in [2.45, 2.75) is 19.0 Å². The SMILES string of the molecule is C[C@@H](N)[C@H](NC(=O)c1ccc(C=Cc2ccccc2)cc1)C(=O)NO. The number of hydrogen-bond donors (Lipinski definition) is 4. The summed E-state index contributed by atoms with van der Waals surface area (Å²) in [5.74, 6) is -1.20. The molecule has 0 spiro atoms. The summed E-state index contributed by atoms with van der Waals surface area (Å²) in [7, 11) is 0. The highest BCUT2D eigenvalue weighted by molar-refractivity contribution is 5.97. The van der Waals surface area contributed by atoms with Crippen molar-refractivity contribution in [3.63, 3.8) is 0 Å². The Kier molecular flexibility index (Phi) is 6.45. The molecule has 0 heterocycles. The third-order valence-electron chi connectivity index (χ3n) is 3.65. The molecule has 2 aromatic rings. The quantitative estimate of drug-likeness (QED) is 0.366. The number of benzene rings is 2. The van der Waals surface area contributed by atoms with Crippen LogP contribution in [0.1, 0.15) is 28.4 Å². The van der Waals surface area contributed by atoms with Crippen LogP contribution >= 0.6 is 0 Å². The Labute approximate surface area is 146 Å². The first-order chi connectivity index (χ1) is 12.0. The van der Waals surface area contributed by atoms with Gasteiger partial charge in [-0.05, 0) is 30.2 Å². The highest BCUT2D eigenvalue weighted by Gasteiger charge is 2.24. The Morgan fingerprint density at radius 3 is 2.08 bits per heavy atom. The molecule has 130 valence electrons. The second-order valence-electron chi connectivity index (χ2n) is 5.65. The van der Waals surface area contributed by atoms with Gasteiger partial charge < -0.3 is 11.1 Å². The van der Waals surface area contributed by atoms with Gasteiger partial charge in [0.05, 0.1) is 0 Å². The van der Waals surface area contributed by atoms with E-state index in [1.807, 2.05) is 42.5 Å². The van der Waals surface area contributed by atoms with Crippen LogP contribution in [-0.4, -0.2) is 29.1 Å². The van der Waals surface area contributed by atoms with Crippen molar-refractivity contribution in [3.8, 4) is 0 Å². The van der Waals surface area contributed by atoms with Gasteiger partial charge in [-0.2, -0.15) is 0 Å². The van der Waals surface area contributed by atoms with Crippen molar-refractivity contribution in [3.05, 3.63) is 71.3 Å². The third-order valence-corrected chi connectivity index (χ3v) is 3.65. The lowest BCUT2D eigenvalue weighted by atomic mass is 10.1. The second kappa shape index (κ2) is 8.77. The van der Waals surface area contributed by atoms with Crippen LogP contribution in [0.2, 0.25) is 0 Å². The van der Waals surface area contributed by atoms with Gasteiger partial charge in [0.2, 0.25) is 0 Å². The second-order valence-corrected chi connectivity index (χ2v) is 5.65. The van der Waals surface area contributed by atoms with Crippen molar-refractivity contribution >= 4 is 24.0 Å². The number of nitrogens with two attached hydrogens (primary N) is 1. The average Bonchev–Trinajstić information content (AvgIpc) is 2.64. The lowest BCUT2D eigenvalue weighted by Crippen LogP contribution is -2.54. The fourth-order valence-electron chi connectivity index (χ4n) is 2.23. The number of hydroxylamine groups is 1. The molecule has 2 atom stereocenters. The Bertz CT molecular complexity index is 740. The molecule has 6 nitrogen and oxygen atoms in total. The molecule has 2 amide bonds.